The first kappa shape index (κ1) is 14.3. The van der Waals surface area contributed by atoms with E-state index in [2.05, 4.69) is 20.9 Å². The highest BCUT2D eigenvalue weighted by Gasteiger charge is 2.12. The highest BCUT2D eigenvalue weighted by Crippen LogP contribution is 2.26. The van der Waals surface area contributed by atoms with Crippen molar-refractivity contribution in [3.8, 4) is 5.75 Å². The number of aromatic nitrogens is 1. The molecule has 3 nitrogen and oxygen atoms in total. The molecule has 19 heavy (non-hydrogen) atoms. The summed E-state index contributed by atoms with van der Waals surface area (Å²) in [5.74, 6) is 0.789. The van der Waals surface area contributed by atoms with Crippen molar-refractivity contribution in [2.75, 3.05) is 7.11 Å². The molecule has 1 aromatic heterocycles. The number of ether oxygens (including phenoxy) is 1. The molecule has 100 valence electrons. The van der Waals surface area contributed by atoms with Gasteiger partial charge in [0.05, 0.1) is 18.8 Å². The van der Waals surface area contributed by atoms with Crippen LogP contribution in [0.4, 0.5) is 0 Å². The summed E-state index contributed by atoms with van der Waals surface area (Å²) in [5.41, 5.74) is 7.99. The molecule has 0 saturated carbocycles. The van der Waals surface area contributed by atoms with E-state index < -0.39 is 0 Å². The molecule has 1 heterocycles. The lowest BCUT2D eigenvalue weighted by atomic mass is 10.0. The van der Waals surface area contributed by atoms with Crippen LogP contribution in [-0.4, -0.2) is 12.1 Å². The summed E-state index contributed by atoms with van der Waals surface area (Å²) in [4.78, 5) is 4.31. The Morgan fingerprint density at radius 2 is 2.16 bits per heavy atom. The average Bonchev–Trinajstić information content (AvgIpc) is 2.39. The third-order valence-electron chi connectivity index (χ3n) is 2.81. The third kappa shape index (κ3) is 3.69. The largest absolute Gasteiger partial charge is 0.496 e. The summed E-state index contributed by atoms with van der Waals surface area (Å²) in [7, 11) is 1.64. The van der Waals surface area contributed by atoms with Gasteiger partial charge in [-0.1, -0.05) is 11.6 Å². The van der Waals surface area contributed by atoms with Gasteiger partial charge in [0.15, 0.2) is 0 Å². The van der Waals surface area contributed by atoms with Crippen molar-refractivity contribution in [1.29, 1.82) is 0 Å². The van der Waals surface area contributed by atoms with Gasteiger partial charge in [-0.2, -0.15) is 0 Å². The molecule has 0 amide bonds. The summed E-state index contributed by atoms with van der Waals surface area (Å²) in [6, 6.07) is 9.16. The lowest BCUT2D eigenvalue weighted by molar-refractivity contribution is 0.408. The molecule has 0 saturated heterocycles. The number of pyridine rings is 1. The van der Waals surface area contributed by atoms with Gasteiger partial charge in [-0.05, 0) is 58.2 Å². The fourth-order valence-corrected chi connectivity index (χ4v) is 2.28. The second kappa shape index (κ2) is 6.37. The second-order valence-corrected chi connectivity index (χ2v) is 5.52. The number of nitrogens with two attached hydrogens (primary N) is 1. The molecule has 2 aromatic rings. The molecule has 0 aliphatic rings. The van der Waals surface area contributed by atoms with Crippen molar-refractivity contribution >= 4 is 27.5 Å². The van der Waals surface area contributed by atoms with Gasteiger partial charge in [0, 0.05) is 15.7 Å². The van der Waals surface area contributed by atoms with Crippen molar-refractivity contribution < 1.29 is 4.74 Å². The fraction of sp³-hybridized carbons (Fsp3) is 0.214. The Morgan fingerprint density at radius 3 is 2.79 bits per heavy atom. The number of methoxy groups -OCH3 is 1. The van der Waals surface area contributed by atoms with E-state index in [1.54, 1.807) is 19.4 Å². The van der Waals surface area contributed by atoms with Crippen LogP contribution in [0.3, 0.4) is 0 Å². The lowest BCUT2D eigenvalue weighted by Crippen LogP contribution is -2.15. The molecular formula is C14H14BrClN2O. The average molecular weight is 342 g/mol. The van der Waals surface area contributed by atoms with E-state index >= 15 is 0 Å². The number of rotatable bonds is 4. The number of benzene rings is 1. The minimum absolute atomic E-state index is 0.194. The first-order valence-electron chi connectivity index (χ1n) is 5.79. The van der Waals surface area contributed by atoms with Crippen LogP contribution in [0.25, 0.3) is 0 Å². The molecule has 2 rings (SSSR count). The molecule has 1 aromatic carbocycles. The van der Waals surface area contributed by atoms with E-state index in [-0.39, 0.29) is 6.04 Å². The zero-order valence-electron chi connectivity index (χ0n) is 10.4. The Hall–Kier alpha value is -1.10. The number of nitrogens with zero attached hydrogens (tertiary/aromatic N) is 1. The molecule has 0 radical (unpaired) electrons. The van der Waals surface area contributed by atoms with Crippen molar-refractivity contribution in [3.05, 3.63) is 57.3 Å². The topological polar surface area (TPSA) is 48.1 Å². The number of hydrogen-bond acceptors (Lipinski definition) is 3. The summed E-state index contributed by atoms with van der Waals surface area (Å²) in [5, 5.41) is 0.673. The maximum Gasteiger partial charge on any atom is 0.122 e. The van der Waals surface area contributed by atoms with Crippen LogP contribution in [-0.2, 0) is 6.42 Å². The van der Waals surface area contributed by atoms with E-state index in [0.29, 0.717) is 11.4 Å². The Labute approximate surface area is 125 Å². The molecule has 0 bridgehead atoms. The van der Waals surface area contributed by atoms with E-state index in [0.717, 1.165) is 21.5 Å². The molecule has 5 heteroatoms. The molecule has 0 fully saturated rings. The molecule has 1 atom stereocenters. The Balaban J connectivity index is 2.20. The van der Waals surface area contributed by atoms with E-state index in [1.807, 2.05) is 24.3 Å². The normalized spacial score (nSPS) is 12.2. The Morgan fingerprint density at radius 1 is 1.37 bits per heavy atom. The van der Waals surface area contributed by atoms with Gasteiger partial charge in [-0.15, -0.1) is 0 Å². The predicted octanol–water partition coefficient (Wildman–Crippen LogP) is 3.75. The zero-order chi connectivity index (χ0) is 13.8. The summed E-state index contributed by atoms with van der Waals surface area (Å²) in [6.45, 7) is 0. The number of halogens is 2. The predicted molar refractivity (Wildman–Crippen MR) is 80.6 cm³/mol. The van der Waals surface area contributed by atoms with E-state index in [1.165, 1.54) is 0 Å². The summed E-state index contributed by atoms with van der Waals surface area (Å²) >= 11 is 9.36. The van der Waals surface area contributed by atoms with Crippen LogP contribution >= 0.6 is 27.5 Å². The van der Waals surface area contributed by atoms with Crippen LogP contribution in [0.5, 0.6) is 5.75 Å². The SMILES string of the molecule is COc1ccc(Cl)cc1CC(N)c1ccc(Br)cn1. The van der Waals surface area contributed by atoms with Crippen LogP contribution in [0.1, 0.15) is 17.3 Å². The monoisotopic (exact) mass is 340 g/mol. The minimum Gasteiger partial charge on any atom is -0.496 e. The molecule has 1 unspecified atom stereocenters. The zero-order valence-corrected chi connectivity index (χ0v) is 12.8. The third-order valence-corrected chi connectivity index (χ3v) is 3.52. The first-order chi connectivity index (χ1) is 9.10. The maximum absolute atomic E-state index is 6.17. The van der Waals surface area contributed by atoms with Crippen LogP contribution < -0.4 is 10.5 Å². The van der Waals surface area contributed by atoms with Gasteiger partial charge in [-0.3, -0.25) is 4.98 Å². The van der Waals surface area contributed by atoms with Gasteiger partial charge in [0.1, 0.15) is 5.75 Å². The standard InChI is InChI=1S/C14H14BrClN2O/c1-19-14-5-3-11(16)6-9(14)7-12(17)13-4-2-10(15)8-18-13/h2-6,8,12H,7,17H2,1H3. The molecule has 2 N–H and O–H groups in total. The Kier molecular flexibility index (Phi) is 4.80. The summed E-state index contributed by atoms with van der Waals surface area (Å²) in [6.07, 6.45) is 2.36. The van der Waals surface area contributed by atoms with Crippen LogP contribution in [0.15, 0.2) is 41.0 Å². The van der Waals surface area contributed by atoms with Gasteiger partial charge >= 0.3 is 0 Å². The van der Waals surface area contributed by atoms with E-state index in [4.69, 9.17) is 22.1 Å². The highest BCUT2D eigenvalue weighted by molar-refractivity contribution is 9.10. The molecule has 0 aliphatic carbocycles. The smallest absolute Gasteiger partial charge is 0.122 e. The minimum atomic E-state index is -0.194. The molecule has 0 spiro atoms. The quantitative estimate of drug-likeness (QED) is 0.921. The van der Waals surface area contributed by atoms with E-state index in [9.17, 15) is 0 Å². The van der Waals surface area contributed by atoms with Gasteiger partial charge in [0.2, 0.25) is 0 Å². The summed E-state index contributed by atoms with van der Waals surface area (Å²) < 4.78 is 6.25. The van der Waals surface area contributed by atoms with Crippen LogP contribution in [0.2, 0.25) is 5.02 Å². The maximum atomic E-state index is 6.17. The Bertz CT molecular complexity index is 560. The lowest BCUT2D eigenvalue weighted by Gasteiger charge is -2.14. The van der Waals surface area contributed by atoms with Crippen molar-refractivity contribution in [3.63, 3.8) is 0 Å². The van der Waals surface area contributed by atoms with Crippen molar-refractivity contribution in [2.24, 2.45) is 5.73 Å². The van der Waals surface area contributed by atoms with Gasteiger partial charge < -0.3 is 10.5 Å². The van der Waals surface area contributed by atoms with Gasteiger partial charge in [0.25, 0.3) is 0 Å². The van der Waals surface area contributed by atoms with Crippen molar-refractivity contribution in [1.82, 2.24) is 4.98 Å². The highest BCUT2D eigenvalue weighted by atomic mass is 79.9. The number of hydrogen-bond donors (Lipinski definition) is 1. The second-order valence-electron chi connectivity index (χ2n) is 4.17. The first-order valence-corrected chi connectivity index (χ1v) is 6.96. The van der Waals surface area contributed by atoms with Crippen LogP contribution in [0, 0.1) is 0 Å². The molecule has 0 aliphatic heterocycles. The molecular weight excluding hydrogens is 328 g/mol. The fourth-order valence-electron chi connectivity index (χ4n) is 1.85. The van der Waals surface area contributed by atoms with Gasteiger partial charge in [-0.25, -0.2) is 0 Å². The van der Waals surface area contributed by atoms with Crippen molar-refractivity contribution in [2.45, 2.75) is 12.5 Å².